The standard InChI is InChI=1S/C19H25N3O2.C15H19N3O2/c23-18-19(24)22(13-14-7-2-1-3-8-14)16-10-6-9-15(17(16)20-18)21-11-4-5-12-21;16-11-7-4-8-12-13(11)17-14(19)15(20)18(12)9-10-5-2-1-3-6-10/h1-3,7-8,15-17H,4-6,9-13H2,(H,20,23);1-3,5-6,11-13H,4,7-9,16H2,(H,17,19). The number of benzene rings is 2. The zero-order valence-electron chi connectivity index (χ0n) is 25.3. The summed E-state index contributed by atoms with van der Waals surface area (Å²) in [5.41, 5.74) is 8.22. The lowest BCUT2D eigenvalue weighted by molar-refractivity contribution is -0.155. The molecule has 3 heterocycles. The minimum atomic E-state index is -0.528. The van der Waals surface area contributed by atoms with Gasteiger partial charge in [-0.3, -0.25) is 24.1 Å². The largest absolute Gasteiger partial charge is 0.341 e. The van der Waals surface area contributed by atoms with Crippen molar-refractivity contribution in [3.8, 4) is 0 Å². The second kappa shape index (κ2) is 13.5. The highest BCUT2D eigenvalue weighted by Gasteiger charge is 2.47. The van der Waals surface area contributed by atoms with Crippen LogP contribution in [0.3, 0.4) is 0 Å². The van der Waals surface area contributed by atoms with Crippen molar-refractivity contribution in [1.29, 1.82) is 0 Å². The van der Waals surface area contributed by atoms with E-state index in [9.17, 15) is 19.2 Å². The van der Waals surface area contributed by atoms with E-state index in [2.05, 4.69) is 15.5 Å². The van der Waals surface area contributed by atoms with Crippen LogP contribution >= 0.6 is 0 Å². The van der Waals surface area contributed by atoms with E-state index in [4.69, 9.17) is 5.73 Å². The zero-order valence-corrected chi connectivity index (χ0v) is 25.3. The Morgan fingerprint density at radius 2 is 1.05 bits per heavy atom. The van der Waals surface area contributed by atoms with Gasteiger partial charge in [-0.25, -0.2) is 0 Å². The molecule has 4 N–H and O–H groups in total. The van der Waals surface area contributed by atoms with Crippen LogP contribution in [0.5, 0.6) is 0 Å². The van der Waals surface area contributed by atoms with Gasteiger partial charge in [-0.1, -0.05) is 60.7 Å². The van der Waals surface area contributed by atoms with E-state index < -0.39 is 17.7 Å². The van der Waals surface area contributed by atoms with Crippen LogP contribution in [-0.2, 0) is 32.3 Å². The monoisotopic (exact) mass is 600 g/mol. The van der Waals surface area contributed by atoms with Gasteiger partial charge in [0.1, 0.15) is 0 Å². The maximum absolute atomic E-state index is 12.5. The van der Waals surface area contributed by atoms with Crippen molar-refractivity contribution >= 4 is 23.6 Å². The lowest BCUT2D eigenvalue weighted by Gasteiger charge is -2.49. The molecule has 2 aromatic carbocycles. The molecule has 10 nitrogen and oxygen atoms in total. The first-order chi connectivity index (χ1) is 21.4. The first-order valence-electron chi connectivity index (χ1n) is 16.2. The maximum atomic E-state index is 12.5. The number of rotatable bonds is 5. The van der Waals surface area contributed by atoms with Gasteiger partial charge < -0.3 is 26.2 Å². The van der Waals surface area contributed by atoms with Crippen LogP contribution in [0.15, 0.2) is 60.7 Å². The van der Waals surface area contributed by atoms with Crippen molar-refractivity contribution in [1.82, 2.24) is 25.3 Å². The SMILES string of the molecule is NC1CCCC2C1NC(=O)C(=O)N2Cc1ccccc1.O=C1NC2C(N3CCCC3)CCCC2N(Cc2ccccc2)C1=O. The van der Waals surface area contributed by atoms with E-state index in [1.807, 2.05) is 65.6 Å². The van der Waals surface area contributed by atoms with Crippen molar-refractivity contribution in [3.05, 3.63) is 71.8 Å². The van der Waals surface area contributed by atoms with Gasteiger partial charge in [0, 0.05) is 25.2 Å². The summed E-state index contributed by atoms with van der Waals surface area (Å²) in [5.74, 6) is -1.77. The van der Waals surface area contributed by atoms with E-state index in [-0.39, 0.29) is 36.1 Å². The quantitative estimate of drug-likeness (QED) is 0.450. The molecule has 0 bridgehead atoms. The number of nitrogens with two attached hydrogens (primary N) is 1. The number of hydrogen-bond donors (Lipinski definition) is 3. The van der Waals surface area contributed by atoms with Crippen LogP contribution in [0.2, 0.25) is 0 Å². The Hall–Kier alpha value is -3.76. The normalized spacial score (nSPS) is 30.5. The van der Waals surface area contributed by atoms with Gasteiger partial charge in [0.15, 0.2) is 0 Å². The van der Waals surface area contributed by atoms with E-state index in [1.54, 1.807) is 4.90 Å². The summed E-state index contributed by atoms with van der Waals surface area (Å²) >= 11 is 0. The third-order valence-corrected chi connectivity index (χ3v) is 10.0. The minimum absolute atomic E-state index is 0.0177. The molecule has 2 aliphatic carbocycles. The summed E-state index contributed by atoms with van der Waals surface area (Å²) in [6.07, 6.45) is 8.51. The summed E-state index contributed by atoms with van der Waals surface area (Å²) in [6.45, 7) is 3.24. The number of fused-ring (bicyclic) bond motifs is 2. The number of nitrogens with one attached hydrogen (secondary N) is 2. The maximum Gasteiger partial charge on any atom is 0.312 e. The number of nitrogens with zero attached hydrogens (tertiary/aromatic N) is 3. The third kappa shape index (κ3) is 6.37. The molecule has 5 fully saturated rings. The predicted molar refractivity (Wildman–Crippen MR) is 166 cm³/mol. The van der Waals surface area contributed by atoms with Crippen molar-refractivity contribution in [2.75, 3.05) is 13.1 Å². The van der Waals surface area contributed by atoms with E-state index in [1.165, 1.54) is 12.8 Å². The number of carbonyl (C=O) groups excluding carboxylic acids is 4. The molecule has 7 rings (SSSR count). The molecule has 2 aromatic rings. The number of carbonyl (C=O) groups is 4. The summed E-state index contributed by atoms with van der Waals surface area (Å²) in [6, 6.07) is 20.1. The molecule has 6 atom stereocenters. The first-order valence-corrected chi connectivity index (χ1v) is 16.2. The average molecular weight is 601 g/mol. The smallest absolute Gasteiger partial charge is 0.312 e. The molecule has 0 radical (unpaired) electrons. The summed E-state index contributed by atoms with van der Waals surface area (Å²) in [7, 11) is 0. The average Bonchev–Trinajstić information content (AvgIpc) is 3.58. The molecular weight excluding hydrogens is 556 g/mol. The van der Waals surface area contributed by atoms with Gasteiger partial charge in [0.2, 0.25) is 0 Å². The Kier molecular flexibility index (Phi) is 9.28. The van der Waals surface area contributed by atoms with Gasteiger partial charge >= 0.3 is 23.6 Å². The fourth-order valence-electron chi connectivity index (χ4n) is 7.86. The molecule has 0 spiro atoms. The van der Waals surface area contributed by atoms with Gasteiger partial charge in [-0.2, -0.15) is 0 Å². The molecule has 5 aliphatic rings. The minimum Gasteiger partial charge on any atom is -0.341 e. The Labute approximate surface area is 259 Å². The lowest BCUT2D eigenvalue weighted by atomic mass is 9.82. The lowest BCUT2D eigenvalue weighted by Crippen LogP contribution is -2.69. The van der Waals surface area contributed by atoms with Crippen LogP contribution in [0.25, 0.3) is 0 Å². The fourth-order valence-corrected chi connectivity index (χ4v) is 7.86. The topological polar surface area (TPSA) is 128 Å². The van der Waals surface area contributed by atoms with Crippen LogP contribution < -0.4 is 16.4 Å². The van der Waals surface area contributed by atoms with E-state index in [0.29, 0.717) is 19.1 Å². The van der Waals surface area contributed by atoms with Crippen molar-refractivity contribution in [2.24, 2.45) is 5.73 Å². The van der Waals surface area contributed by atoms with E-state index >= 15 is 0 Å². The summed E-state index contributed by atoms with van der Waals surface area (Å²) < 4.78 is 0. The number of amides is 4. The second-order valence-corrected chi connectivity index (χ2v) is 12.8. The Morgan fingerprint density at radius 1 is 0.591 bits per heavy atom. The molecule has 10 heteroatoms. The Balaban J connectivity index is 0.000000159. The Bertz CT molecular complexity index is 1330. The fraction of sp³-hybridized carbons (Fsp3) is 0.529. The predicted octanol–water partition coefficient (Wildman–Crippen LogP) is 1.92. The molecule has 4 amide bonds. The number of likely N-dealkylation sites (tertiary alicyclic amines) is 1. The summed E-state index contributed by atoms with van der Waals surface area (Å²) in [5, 5.41) is 5.82. The molecule has 6 unspecified atom stereocenters. The highest BCUT2D eigenvalue weighted by Crippen LogP contribution is 2.32. The van der Waals surface area contributed by atoms with Gasteiger partial charge in [0.05, 0.1) is 24.2 Å². The van der Waals surface area contributed by atoms with Crippen LogP contribution in [0, 0.1) is 0 Å². The van der Waals surface area contributed by atoms with Crippen molar-refractivity contribution < 1.29 is 19.2 Å². The van der Waals surface area contributed by atoms with E-state index in [0.717, 1.165) is 62.7 Å². The van der Waals surface area contributed by atoms with Crippen LogP contribution in [0.1, 0.15) is 62.5 Å². The molecule has 44 heavy (non-hydrogen) atoms. The highest BCUT2D eigenvalue weighted by atomic mass is 16.2. The molecule has 3 saturated heterocycles. The molecule has 234 valence electrons. The van der Waals surface area contributed by atoms with Gasteiger partial charge in [-0.05, 0) is 75.6 Å². The molecule has 0 aromatic heterocycles. The summed E-state index contributed by atoms with van der Waals surface area (Å²) in [4.78, 5) is 54.8. The molecular formula is C34H44N6O4. The third-order valence-electron chi connectivity index (χ3n) is 10.0. The van der Waals surface area contributed by atoms with Gasteiger partial charge in [-0.15, -0.1) is 0 Å². The number of piperazine rings is 2. The zero-order chi connectivity index (χ0) is 30.6. The molecule has 2 saturated carbocycles. The highest BCUT2D eigenvalue weighted by molar-refractivity contribution is 6.36. The van der Waals surface area contributed by atoms with Crippen LogP contribution in [-0.4, -0.2) is 87.7 Å². The van der Waals surface area contributed by atoms with Crippen molar-refractivity contribution in [2.45, 2.75) is 101 Å². The second-order valence-electron chi connectivity index (χ2n) is 12.8. The van der Waals surface area contributed by atoms with Crippen LogP contribution in [0.4, 0.5) is 0 Å². The molecule has 3 aliphatic heterocycles. The number of hydrogen-bond acceptors (Lipinski definition) is 6. The van der Waals surface area contributed by atoms with Crippen molar-refractivity contribution in [3.63, 3.8) is 0 Å². The van der Waals surface area contributed by atoms with Gasteiger partial charge in [0.25, 0.3) is 0 Å². The first kappa shape index (κ1) is 30.3. The Morgan fingerprint density at radius 3 is 1.59 bits per heavy atom.